The van der Waals surface area contributed by atoms with Crippen LogP contribution in [-0.4, -0.2) is 31.8 Å². The quantitative estimate of drug-likeness (QED) is 0.296. The molecule has 1 heterocycles. The predicted octanol–water partition coefficient (Wildman–Crippen LogP) is 5.93. The molecule has 0 bridgehead atoms. The molecule has 9 heteroatoms. The number of methoxy groups -OCH3 is 2. The number of carbonyl (C=O) groups excluding carboxylic acids is 1. The Morgan fingerprint density at radius 2 is 1.76 bits per heavy atom. The molecule has 0 saturated carbocycles. The Labute approximate surface area is 193 Å². The molecule has 3 aromatic rings. The zero-order valence-electron chi connectivity index (χ0n) is 18.2. The van der Waals surface area contributed by atoms with E-state index in [9.17, 15) is 18.0 Å². The first-order chi connectivity index (χ1) is 15.7. The molecular weight excluding hydrogens is 455 g/mol. The summed E-state index contributed by atoms with van der Waals surface area (Å²) in [7, 11) is 2.85. The number of ether oxygens (including phenoxy) is 3. The number of benzene rings is 2. The number of hydrogen-bond donors (Lipinski definition) is 0. The van der Waals surface area contributed by atoms with Gasteiger partial charge in [0.1, 0.15) is 11.5 Å². The van der Waals surface area contributed by atoms with Gasteiger partial charge < -0.3 is 14.2 Å². The third-order valence-electron chi connectivity index (χ3n) is 4.76. The number of pyridine rings is 1. The van der Waals surface area contributed by atoms with Crippen molar-refractivity contribution in [1.29, 1.82) is 0 Å². The number of nitrogens with zero attached hydrogens (tertiary/aromatic N) is 1. The lowest BCUT2D eigenvalue weighted by Crippen LogP contribution is -2.13. The molecule has 2 aromatic carbocycles. The van der Waals surface area contributed by atoms with Crippen molar-refractivity contribution in [3.63, 3.8) is 0 Å². The molecule has 1 aromatic heterocycles. The van der Waals surface area contributed by atoms with Gasteiger partial charge in [-0.1, -0.05) is 18.2 Å². The molecule has 3 rings (SSSR count). The zero-order valence-corrected chi connectivity index (χ0v) is 19.0. The summed E-state index contributed by atoms with van der Waals surface area (Å²) in [5, 5.41) is 0. The van der Waals surface area contributed by atoms with Crippen molar-refractivity contribution < 1.29 is 32.2 Å². The molecule has 0 fully saturated rings. The van der Waals surface area contributed by atoms with Crippen molar-refractivity contribution in [1.82, 2.24) is 4.98 Å². The number of esters is 1. The molecule has 0 aliphatic heterocycles. The molecule has 0 aliphatic carbocycles. The second-order valence-corrected chi connectivity index (χ2v) is 8.07. The third-order valence-corrected chi connectivity index (χ3v) is 5.87. The highest BCUT2D eigenvalue weighted by Gasteiger charge is 2.30. The second kappa shape index (κ2) is 10.6. The van der Waals surface area contributed by atoms with Gasteiger partial charge in [-0.15, -0.1) is 11.8 Å². The normalized spacial score (nSPS) is 11.2. The molecule has 33 heavy (non-hydrogen) atoms. The first-order valence-electron chi connectivity index (χ1n) is 9.85. The van der Waals surface area contributed by atoms with Crippen molar-refractivity contribution in [2.24, 2.45) is 0 Å². The van der Waals surface area contributed by atoms with Crippen LogP contribution in [0.3, 0.4) is 0 Å². The highest BCUT2D eigenvalue weighted by molar-refractivity contribution is 7.98. The van der Waals surface area contributed by atoms with Crippen molar-refractivity contribution >= 4 is 17.7 Å². The Bertz CT molecular complexity index is 1100. The fraction of sp³-hybridized carbons (Fsp3) is 0.250. The Hall–Kier alpha value is -3.20. The molecular formula is C24H22F3NO4S. The standard InChI is InChI=1S/C24H22F3NO4S/c1-15-10-22(21(30-2)11-20(15)32-13-23(29)31-3)33-14-16-4-9-19(28-12-16)17-5-7-18(8-6-17)24(25,26)27/h4-12H,13-14H2,1-3H3. The SMILES string of the molecule is COC(=O)COc1cc(OC)c(SCc2ccc(-c3ccc(C(F)(F)F)cc3)nc2)cc1C. The van der Waals surface area contributed by atoms with Crippen LogP contribution in [0.25, 0.3) is 11.3 Å². The summed E-state index contributed by atoms with van der Waals surface area (Å²) < 4.78 is 53.7. The average Bonchev–Trinajstić information content (AvgIpc) is 2.81. The number of aryl methyl sites for hydroxylation is 1. The van der Waals surface area contributed by atoms with E-state index >= 15 is 0 Å². The van der Waals surface area contributed by atoms with Gasteiger partial charge in [-0.05, 0) is 42.3 Å². The molecule has 0 atom stereocenters. The van der Waals surface area contributed by atoms with Crippen LogP contribution in [0.1, 0.15) is 16.7 Å². The van der Waals surface area contributed by atoms with E-state index < -0.39 is 17.7 Å². The van der Waals surface area contributed by atoms with Crippen LogP contribution >= 0.6 is 11.8 Å². The van der Waals surface area contributed by atoms with Crippen LogP contribution in [0.15, 0.2) is 59.6 Å². The van der Waals surface area contributed by atoms with E-state index in [0.29, 0.717) is 28.5 Å². The summed E-state index contributed by atoms with van der Waals surface area (Å²) in [6.45, 7) is 1.68. The van der Waals surface area contributed by atoms with Crippen LogP contribution in [-0.2, 0) is 21.5 Å². The minimum atomic E-state index is -4.36. The maximum Gasteiger partial charge on any atom is 0.416 e. The van der Waals surface area contributed by atoms with Gasteiger partial charge in [0, 0.05) is 23.6 Å². The molecule has 0 aliphatic rings. The highest BCUT2D eigenvalue weighted by Crippen LogP contribution is 2.37. The van der Waals surface area contributed by atoms with Crippen LogP contribution < -0.4 is 9.47 Å². The lowest BCUT2D eigenvalue weighted by Gasteiger charge is -2.14. The summed E-state index contributed by atoms with van der Waals surface area (Å²) >= 11 is 1.55. The number of hydrogen-bond acceptors (Lipinski definition) is 6. The van der Waals surface area contributed by atoms with E-state index in [1.807, 2.05) is 19.1 Å². The van der Waals surface area contributed by atoms with Gasteiger partial charge in [0.05, 0.1) is 30.4 Å². The van der Waals surface area contributed by atoms with Gasteiger partial charge in [0.25, 0.3) is 0 Å². The highest BCUT2D eigenvalue weighted by atomic mass is 32.2. The van der Waals surface area contributed by atoms with Gasteiger partial charge in [0.2, 0.25) is 0 Å². The lowest BCUT2D eigenvalue weighted by atomic mass is 10.1. The summed E-state index contributed by atoms with van der Waals surface area (Å²) in [5.41, 5.74) is 2.31. The van der Waals surface area contributed by atoms with E-state index in [1.165, 1.54) is 19.2 Å². The minimum absolute atomic E-state index is 0.191. The number of halogens is 3. The second-order valence-electron chi connectivity index (χ2n) is 7.05. The number of alkyl halides is 3. The lowest BCUT2D eigenvalue weighted by molar-refractivity contribution is -0.143. The van der Waals surface area contributed by atoms with Gasteiger partial charge in [-0.2, -0.15) is 13.2 Å². The topological polar surface area (TPSA) is 57.7 Å². The molecule has 0 amide bonds. The van der Waals surface area contributed by atoms with E-state index in [4.69, 9.17) is 9.47 Å². The number of thioether (sulfide) groups is 1. The van der Waals surface area contributed by atoms with E-state index in [2.05, 4.69) is 9.72 Å². The average molecular weight is 478 g/mol. The van der Waals surface area contributed by atoms with Gasteiger partial charge in [0.15, 0.2) is 6.61 Å². The Balaban J connectivity index is 1.67. The zero-order chi connectivity index (χ0) is 24.0. The number of carbonyl (C=O) groups is 1. The summed E-state index contributed by atoms with van der Waals surface area (Å²) in [6.07, 6.45) is -2.66. The summed E-state index contributed by atoms with van der Waals surface area (Å²) in [6, 6.07) is 12.2. The molecule has 5 nitrogen and oxygen atoms in total. The van der Waals surface area contributed by atoms with Crippen LogP contribution in [0.2, 0.25) is 0 Å². The number of rotatable bonds is 8. The Morgan fingerprint density at radius 3 is 2.33 bits per heavy atom. The Morgan fingerprint density at radius 1 is 1.03 bits per heavy atom. The Kier molecular flexibility index (Phi) is 7.86. The maximum atomic E-state index is 12.7. The van der Waals surface area contributed by atoms with Gasteiger partial charge >= 0.3 is 12.1 Å². The summed E-state index contributed by atoms with van der Waals surface area (Å²) in [5.74, 6) is 1.28. The third kappa shape index (κ3) is 6.41. The first-order valence-corrected chi connectivity index (χ1v) is 10.8. The number of aromatic nitrogens is 1. The van der Waals surface area contributed by atoms with Gasteiger partial charge in [-0.25, -0.2) is 4.79 Å². The fourth-order valence-corrected chi connectivity index (χ4v) is 3.98. The van der Waals surface area contributed by atoms with Gasteiger partial charge in [-0.3, -0.25) is 4.98 Å². The van der Waals surface area contributed by atoms with E-state index in [0.717, 1.165) is 28.2 Å². The molecule has 0 N–H and O–H groups in total. The largest absolute Gasteiger partial charge is 0.495 e. The van der Waals surface area contributed by atoms with Crippen molar-refractivity contribution in [3.05, 3.63) is 71.4 Å². The monoisotopic (exact) mass is 477 g/mol. The van der Waals surface area contributed by atoms with E-state index in [-0.39, 0.29) is 6.61 Å². The van der Waals surface area contributed by atoms with E-state index in [1.54, 1.807) is 37.2 Å². The molecule has 174 valence electrons. The molecule has 0 spiro atoms. The maximum absolute atomic E-state index is 12.7. The van der Waals surface area contributed by atoms with Crippen LogP contribution in [0, 0.1) is 6.92 Å². The van der Waals surface area contributed by atoms with Crippen LogP contribution in [0.5, 0.6) is 11.5 Å². The summed E-state index contributed by atoms with van der Waals surface area (Å²) in [4.78, 5) is 16.6. The predicted molar refractivity (Wildman–Crippen MR) is 119 cm³/mol. The smallest absolute Gasteiger partial charge is 0.416 e. The molecule has 0 saturated heterocycles. The van der Waals surface area contributed by atoms with Crippen LogP contribution in [0.4, 0.5) is 13.2 Å². The van der Waals surface area contributed by atoms with Crippen molar-refractivity contribution in [3.8, 4) is 22.8 Å². The first kappa shape index (κ1) is 24.4. The molecule has 0 radical (unpaired) electrons. The van der Waals surface area contributed by atoms with Crippen molar-refractivity contribution in [2.45, 2.75) is 23.7 Å². The van der Waals surface area contributed by atoms with Crippen molar-refractivity contribution in [2.75, 3.05) is 20.8 Å². The fourth-order valence-electron chi connectivity index (χ4n) is 2.94. The minimum Gasteiger partial charge on any atom is -0.495 e. The molecule has 0 unspecified atom stereocenters.